The lowest BCUT2D eigenvalue weighted by molar-refractivity contribution is 0.403. The van der Waals surface area contributed by atoms with Crippen molar-refractivity contribution in [2.75, 3.05) is 6.54 Å². The topological polar surface area (TPSA) is 70.1 Å². The van der Waals surface area contributed by atoms with Crippen molar-refractivity contribution < 1.29 is 10.2 Å². The fraction of sp³-hybridized carbons (Fsp3) is 0.0909. The first-order valence-electron chi connectivity index (χ1n) is 8.93. The van der Waals surface area contributed by atoms with Gasteiger partial charge >= 0.3 is 0 Å². The highest BCUT2D eigenvalue weighted by atomic mass is 32.1. The van der Waals surface area contributed by atoms with Gasteiger partial charge in [-0.3, -0.25) is 4.99 Å². The number of fused-ring (bicyclic) bond motifs is 1. The summed E-state index contributed by atoms with van der Waals surface area (Å²) >= 11 is 1.54. The SMILES string of the molecule is CCN=c1scc(-c2cccc3ccccc23)n1N=Cc1ccc(O)c(O)c1. The lowest BCUT2D eigenvalue weighted by Gasteiger charge is -2.07. The number of nitrogens with zero attached hydrogens (tertiary/aromatic N) is 3. The summed E-state index contributed by atoms with van der Waals surface area (Å²) in [5.74, 6) is -0.328. The second kappa shape index (κ2) is 7.70. The summed E-state index contributed by atoms with van der Waals surface area (Å²) in [5.41, 5.74) is 2.71. The monoisotopic (exact) mass is 389 g/mol. The predicted octanol–water partition coefficient (Wildman–Crippen LogP) is 4.58. The number of rotatable bonds is 4. The Morgan fingerprint density at radius 1 is 1.00 bits per heavy atom. The van der Waals surface area contributed by atoms with E-state index in [1.54, 1.807) is 12.3 Å². The second-order valence-electron chi connectivity index (χ2n) is 6.21. The summed E-state index contributed by atoms with van der Waals surface area (Å²) in [5, 5.41) is 28.2. The number of phenols is 2. The average molecular weight is 389 g/mol. The largest absolute Gasteiger partial charge is 0.504 e. The average Bonchev–Trinajstić information content (AvgIpc) is 3.11. The van der Waals surface area contributed by atoms with Crippen LogP contribution in [0.25, 0.3) is 22.0 Å². The highest BCUT2D eigenvalue weighted by molar-refractivity contribution is 7.07. The van der Waals surface area contributed by atoms with Gasteiger partial charge in [-0.15, -0.1) is 11.3 Å². The zero-order valence-electron chi connectivity index (χ0n) is 15.3. The van der Waals surface area contributed by atoms with Crippen LogP contribution in [0.2, 0.25) is 0 Å². The molecule has 4 aromatic rings. The highest BCUT2D eigenvalue weighted by Gasteiger charge is 2.10. The van der Waals surface area contributed by atoms with Crippen LogP contribution >= 0.6 is 11.3 Å². The van der Waals surface area contributed by atoms with Gasteiger partial charge < -0.3 is 10.2 Å². The lowest BCUT2D eigenvalue weighted by Crippen LogP contribution is -2.12. The van der Waals surface area contributed by atoms with Gasteiger partial charge in [0, 0.05) is 17.5 Å². The van der Waals surface area contributed by atoms with Crippen molar-refractivity contribution in [2.45, 2.75) is 6.92 Å². The third kappa shape index (κ3) is 3.42. The molecular formula is C22H19N3O2S. The van der Waals surface area contributed by atoms with Crippen LogP contribution in [0.1, 0.15) is 12.5 Å². The molecule has 0 atom stereocenters. The van der Waals surface area contributed by atoms with E-state index in [1.807, 2.05) is 29.8 Å². The molecule has 1 aromatic heterocycles. The maximum atomic E-state index is 9.71. The van der Waals surface area contributed by atoms with Gasteiger partial charge in [0.15, 0.2) is 11.5 Å². The highest BCUT2D eigenvalue weighted by Crippen LogP contribution is 2.29. The molecule has 0 fully saturated rings. The summed E-state index contributed by atoms with van der Waals surface area (Å²) in [6.45, 7) is 2.65. The van der Waals surface area contributed by atoms with Crippen molar-refractivity contribution in [1.82, 2.24) is 4.68 Å². The number of hydrogen-bond donors (Lipinski definition) is 2. The molecule has 0 spiro atoms. The number of aromatic hydroxyl groups is 2. The fourth-order valence-corrected chi connectivity index (χ4v) is 3.93. The third-order valence-corrected chi connectivity index (χ3v) is 5.22. The van der Waals surface area contributed by atoms with Crippen LogP contribution in [0.4, 0.5) is 0 Å². The van der Waals surface area contributed by atoms with Crippen molar-refractivity contribution in [3.63, 3.8) is 0 Å². The van der Waals surface area contributed by atoms with Crippen LogP contribution < -0.4 is 4.80 Å². The van der Waals surface area contributed by atoms with Crippen molar-refractivity contribution in [3.05, 3.63) is 76.4 Å². The van der Waals surface area contributed by atoms with E-state index in [4.69, 9.17) is 0 Å². The van der Waals surface area contributed by atoms with Crippen LogP contribution in [0, 0.1) is 0 Å². The Morgan fingerprint density at radius 2 is 1.82 bits per heavy atom. The number of phenolic OH excluding ortho intramolecular Hbond substituents is 2. The Balaban J connectivity index is 1.87. The molecule has 0 aliphatic rings. The standard InChI is InChI=1S/C22H19N3O2S/c1-2-23-22-25(24-13-15-10-11-20(26)21(27)12-15)19(14-28-22)18-9-5-7-16-6-3-4-8-17(16)18/h3-14,26-27H,2H2,1H3. The molecule has 0 bridgehead atoms. The van der Waals surface area contributed by atoms with Gasteiger partial charge in [0.25, 0.3) is 0 Å². The van der Waals surface area contributed by atoms with E-state index in [0.717, 1.165) is 21.4 Å². The maximum Gasteiger partial charge on any atom is 0.206 e. The quantitative estimate of drug-likeness (QED) is 0.396. The first kappa shape index (κ1) is 18.0. The van der Waals surface area contributed by atoms with E-state index in [1.165, 1.54) is 28.9 Å². The van der Waals surface area contributed by atoms with Gasteiger partial charge in [0.05, 0.1) is 11.9 Å². The zero-order chi connectivity index (χ0) is 19.5. The van der Waals surface area contributed by atoms with Gasteiger partial charge in [0.2, 0.25) is 4.80 Å². The van der Waals surface area contributed by atoms with Crippen LogP contribution in [0.3, 0.4) is 0 Å². The van der Waals surface area contributed by atoms with E-state index in [-0.39, 0.29) is 11.5 Å². The number of aromatic nitrogens is 1. The van der Waals surface area contributed by atoms with E-state index in [2.05, 4.69) is 39.7 Å². The molecule has 5 nitrogen and oxygen atoms in total. The Hall–Kier alpha value is -3.38. The summed E-state index contributed by atoms with van der Waals surface area (Å²) in [7, 11) is 0. The second-order valence-corrected chi connectivity index (χ2v) is 7.05. The summed E-state index contributed by atoms with van der Waals surface area (Å²) in [6, 6.07) is 19.1. The van der Waals surface area contributed by atoms with Crippen molar-refractivity contribution in [3.8, 4) is 22.8 Å². The Morgan fingerprint density at radius 3 is 2.64 bits per heavy atom. The lowest BCUT2D eigenvalue weighted by atomic mass is 10.0. The van der Waals surface area contributed by atoms with Crippen LogP contribution in [-0.4, -0.2) is 27.6 Å². The zero-order valence-corrected chi connectivity index (χ0v) is 16.1. The number of hydrogen-bond acceptors (Lipinski definition) is 5. The molecule has 0 saturated heterocycles. The first-order valence-corrected chi connectivity index (χ1v) is 9.81. The third-order valence-electron chi connectivity index (χ3n) is 4.37. The smallest absolute Gasteiger partial charge is 0.206 e. The molecule has 1 heterocycles. The molecule has 2 N–H and O–H groups in total. The Bertz CT molecular complexity index is 1230. The molecule has 4 rings (SSSR count). The molecule has 0 radical (unpaired) electrons. The van der Waals surface area contributed by atoms with Gasteiger partial charge in [-0.2, -0.15) is 5.10 Å². The summed E-state index contributed by atoms with van der Waals surface area (Å²) in [4.78, 5) is 5.35. The molecule has 0 saturated carbocycles. The molecule has 0 aliphatic heterocycles. The van der Waals surface area contributed by atoms with Crippen molar-refractivity contribution in [1.29, 1.82) is 0 Å². The molecule has 6 heteroatoms. The molecular weight excluding hydrogens is 370 g/mol. The Kier molecular flexibility index (Phi) is 4.95. The summed E-state index contributed by atoms with van der Waals surface area (Å²) in [6.07, 6.45) is 1.65. The summed E-state index contributed by atoms with van der Waals surface area (Å²) < 4.78 is 1.82. The molecule has 0 unspecified atom stereocenters. The minimum Gasteiger partial charge on any atom is -0.504 e. The van der Waals surface area contributed by atoms with Gasteiger partial charge in [0.1, 0.15) is 0 Å². The maximum absolute atomic E-state index is 9.71. The minimum atomic E-state index is -0.174. The molecule has 28 heavy (non-hydrogen) atoms. The van der Waals surface area contributed by atoms with Crippen molar-refractivity contribution in [2.24, 2.45) is 10.1 Å². The fourth-order valence-electron chi connectivity index (χ4n) is 3.03. The van der Waals surface area contributed by atoms with Crippen LogP contribution in [0.5, 0.6) is 11.5 Å². The van der Waals surface area contributed by atoms with Crippen LogP contribution in [-0.2, 0) is 0 Å². The predicted molar refractivity (Wildman–Crippen MR) is 114 cm³/mol. The normalized spacial score (nSPS) is 12.2. The van der Waals surface area contributed by atoms with E-state index in [9.17, 15) is 10.2 Å². The minimum absolute atomic E-state index is 0.154. The van der Waals surface area contributed by atoms with Crippen molar-refractivity contribution >= 4 is 28.3 Å². The van der Waals surface area contributed by atoms with E-state index < -0.39 is 0 Å². The molecule has 3 aromatic carbocycles. The number of thiazole rings is 1. The Labute approximate surface area is 166 Å². The van der Waals surface area contributed by atoms with Gasteiger partial charge in [-0.05, 0) is 41.5 Å². The van der Waals surface area contributed by atoms with Gasteiger partial charge in [-0.1, -0.05) is 42.5 Å². The molecule has 140 valence electrons. The number of benzene rings is 3. The molecule has 0 amide bonds. The van der Waals surface area contributed by atoms with E-state index >= 15 is 0 Å². The van der Waals surface area contributed by atoms with Gasteiger partial charge in [-0.25, -0.2) is 4.68 Å². The molecule has 0 aliphatic carbocycles. The van der Waals surface area contributed by atoms with Crippen LogP contribution in [0.15, 0.2) is 76.1 Å². The first-order chi connectivity index (χ1) is 13.7. The van der Waals surface area contributed by atoms with E-state index in [0.29, 0.717) is 12.1 Å².